The third kappa shape index (κ3) is 2.98. The van der Waals surface area contributed by atoms with Crippen LogP contribution in [0.25, 0.3) is 91.1 Å². The van der Waals surface area contributed by atoms with E-state index in [1.165, 1.54) is 102 Å². The zero-order valence-corrected chi connectivity index (χ0v) is 25.2. The lowest BCUT2D eigenvalue weighted by Gasteiger charge is -2.16. The van der Waals surface area contributed by atoms with E-state index in [0.29, 0.717) is 0 Å². The van der Waals surface area contributed by atoms with Crippen LogP contribution in [-0.4, -0.2) is 4.57 Å². The molecule has 0 radical (unpaired) electrons. The monoisotopic (exact) mass is 587 g/mol. The van der Waals surface area contributed by atoms with Crippen molar-refractivity contribution in [2.24, 2.45) is 0 Å². The minimum atomic E-state index is 0.969. The van der Waals surface area contributed by atoms with Gasteiger partial charge in [-0.2, -0.15) is 0 Å². The molecular formula is C43H25NS. The Bertz CT molecular complexity index is 2850. The summed E-state index contributed by atoms with van der Waals surface area (Å²) in [7, 11) is 0. The van der Waals surface area contributed by atoms with Crippen molar-refractivity contribution in [1.82, 2.24) is 4.57 Å². The Morgan fingerprint density at radius 2 is 1.00 bits per heavy atom. The van der Waals surface area contributed by atoms with E-state index < -0.39 is 0 Å². The molecule has 2 aromatic heterocycles. The van der Waals surface area contributed by atoms with Gasteiger partial charge in [-0.05, 0) is 73.8 Å². The molecule has 0 saturated carbocycles. The Balaban J connectivity index is 1.38. The molecule has 1 aliphatic rings. The van der Waals surface area contributed by atoms with E-state index in [1.807, 2.05) is 11.3 Å². The van der Waals surface area contributed by atoms with Gasteiger partial charge in [0.25, 0.3) is 0 Å². The maximum Gasteiger partial charge on any atom is 0.0640 e. The van der Waals surface area contributed by atoms with Gasteiger partial charge in [0.2, 0.25) is 0 Å². The summed E-state index contributed by atoms with van der Waals surface area (Å²) < 4.78 is 5.20. The van der Waals surface area contributed by atoms with Crippen molar-refractivity contribution in [1.29, 1.82) is 0 Å². The highest BCUT2D eigenvalue weighted by atomic mass is 32.1. The van der Waals surface area contributed by atoms with Gasteiger partial charge in [0, 0.05) is 31.6 Å². The first-order chi connectivity index (χ1) is 22.4. The van der Waals surface area contributed by atoms with E-state index in [1.54, 1.807) is 0 Å². The minimum Gasteiger partial charge on any atom is -0.308 e. The zero-order valence-electron chi connectivity index (χ0n) is 24.3. The van der Waals surface area contributed by atoms with Gasteiger partial charge in [-0.1, -0.05) is 121 Å². The van der Waals surface area contributed by atoms with Gasteiger partial charge in [-0.15, -0.1) is 11.3 Å². The van der Waals surface area contributed by atoms with Crippen molar-refractivity contribution in [2.75, 3.05) is 0 Å². The van der Waals surface area contributed by atoms with Crippen LogP contribution in [0.2, 0.25) is 0 Å². The second-order valence-corrected chi connectivity index (χ2v) is 13.4. The number of fused-ring (bicyclic) bond motifs is 18. The zero-order chi connectivity index (χ0) is 29.2. The highest BCUT2D eigenvalue weighted by Gasteiger charge is 2.27. The Morgan fingerprint density at radius 3 is 1.76 bits per heavy atom. The van der Waals surface area contributed by atoms with Crippen molar-refractivity contribution >= 4 is 85.6 Å². The lowest BCUT2D eigenvalue weighted by atomic mass is 9.86. The quantitative estimate of drug-likeness (QED) is 0.168. The van der Waals surface area contributed by atoms with Gasteiger partial charge in [0.05, 0.1) is 21.4 Å². The summed E-state index contributed by atoms with van der Waals surface area (Å²) in [5, 5.41) is 13.6. The molecule has 0 spiro atoms. The Kier molecular flexibility index (Phi) is 4.57. The topological polar surface area (TPSA) is 4.93 Å². The van der Waals surface area contributed by atoms with Crippen LogP contribution in [-0.2, 0) is 6.42 Å². The first kappa shape index (κ1) is 23.9. The number of hydrogen-bond acceptors (Lipinski definition) is 1. The smallest absolute Gasteiger partial charge is 0.0640 e. The highest BCUT2D eigenvalue weighted by molar-refractivity contribution is 7.27. The summed E-state index contributed by atoms with van der Waals surface area (Å²) in [6.07, 6.45) is 0.969. The van der Waals surface area contributed by atoms with Crippen LogP contribution in [0, 0.1) is 0 Å². The van der Waals surface area contributed by atoms with Crippen LogP contribution in [0.15, 0.2) is 140 Å². The lowest BCUT2D eigenvalue weighted by molar-refractivity contribution is 1.20. The van der Waals surface area contributed by atoms with Gasteiger partial charge in [-0.25, -0.2) is 0 Å². The molecule has 208 valence electrons. The van der Waals surface area contributed by atoms with Gasteiger partial charge < -0.3 is 4.57 Å². The van der Waals surface area contributed by atoms with Crippen LogP contribution in [0.4, 0.5) is 0 Å². The number of nitrogens with zero attached hydrogens (tertiary/aromatic N) is 1. The number of thiophene rings is 1. The molecule has 45 heavy (non-hydrogen) atoms. The SMILES string of the molecule is c1ccc2c(c1)Cc1c-2c2ccccc2c2c1c1ccccc1c1sc3c(-n4c5ccccc5c5ccccc54)cccc3c12. The van der Waals surface area contributed by atoms with E-state index in [-0.39, 0.29) is 0 Å². The van der Waals surface area contributed by atoms with E-state index >= 15 is 0 Å². The molecule has 1 nitrogen and oxygen atoms in total. The van der Waals surface area contributed by atoms with Crippen LogP contribution in [0.1, 0.15) is 11.1 Å². The Morgan fingerprint density at radius 1 is 0.422 bits per heavy atom. The molecule has 0 N–H and O–H groups in total. The van der Waals surface area contributed by atoms with Crippen molar-refractivity contribution < 1.29 is 0 Å². The molecule has 2 heterocycles. The maximum atomic E-state index is 2.49. The summed E-state index contributed by atoms with van der Waals surface area (Å²) in [5.41, 5.74) is 9.46. The standard InChI is InChI=1S/C43H25NS/c1-2-13-26-25(12-1)24-34-38(26)29-16-3-4-17-30(29)40-39(34)31-18-5-6-19-32(31)43-41(40)33-20-11-23-37(42(33)45-43)44-35-21-9-7-14-27(35)28-15-8-10-22-36(28)44/h1-23H,24H2. The van der Waals surface area contributed by atoms with Gasteiger partial charge in [-0.3, -0.25) is 0 Å². The van der Waals surface area contributed by atoms with Crippen molar-refractivity contribution in [3.63, 3.8) is 0 Å². The first-order valence-electron chi connectivity index (χ1n) is 15.7. The average molecular weight is 588 g/mol. The molecule has 0 bridgehead atoms. The molecular weight excluding hydrogens is 563 g/mol. The number of aromatic nitrogens is 1. The van der Waals surface area contributed by atoms with E-state index in [9.17, 15) is 0 Å². The highest BCUT2D eigenvalue weighted by Crippen LogP contribution is 2.53. The third-order valence-corrected chi connectivity index (χ3v) is 11.4. The van der Waals surface area contributed by atoms with E-state index in [4.69, 9.17) is 0 Å². The summed E-state index contributed by atoms with van der Waals surface area (Å²) >= 11 is 1.96. The van der Waals surface area contributed by atoms with Gasteiger partial charge in [0.1, 0.15) is 0 Å². The molecule has 0 atom stereocenters. The number of para-hydroxylation sites is 2. The lowest BCUT2D eigenvalue weighted by Crippen LogP contribution is -1.93. The number of rotatable bonds is 1. The summed E-state index contributed by atoms with van der Waals surface area (Å²) in [6, 6.07) is 51.9. The molecule has 0 saturated heterocycles. The normalized spacial score (nSPS) is 12.8. The molecule has 11 rings (SSSR count). The minimum absolute atomic E-state index is 0.969. The van der Waals surface area contributed by atoms with Crippen molar-refractivity contribution in [3.8, 4) is 16.8 Å². The number of benzene rings is 8. The first-order valence-corrected chi connectivity index (χ1v) is 16.5. The molecule has 1 aliphatic carbocycles. The summed E-state index contributed by atoms with van der Waals surface area (Å²) in [4.78, 5) is 0. The number of hydrogen-bond donors (Lipinski definition) is 0. The Labute approximate surface area is 263 Å². The summed E-state index contributed by atoms with van der Waals surface area (Å²) in [6.45, 7) is 0. The van der Waals surface area contributed by atoms with E-state index in [2.05, 4.69) is 144 Å². The maximum absolute atomic E-state index is 2.49. The molecule has 8 aromatic carbocycles. The van der Waals surface area contributed by atoms with Crippen LogP contribution in [0.3, 0.4) is 0 Å². The van der Waals surface area contributed by atoms with Crippen LogP contribution in [0.5, 0.6) is 0 Å². The van der Waals surface area contributed by atoms with Gasteiger partial charge >= 0.3 is 0 Å². The largest absolute Gasteiger partial charge is 0.308 e. The fourth-order valence-corrected chi connectivity index (χ4v) is 9.79. The van der Waals surface area contributed by atoms with Crippen molar-refractivity contribution in [3.05, 3.63) is 151 Å². The average Bonchev–Trinajstić information content (AvgIpc) is 3.78. The molecule has 2 heteroatoms. The predicted octanol–water partition coefficient (Wildman–Crippen LogP) is 12.2. The molecule has 10 aromatic rings. The van der Waals surface area contributed by atoms with Gasteiger partial charge in [0.15, 0.2) is 0 Å². The second kappa shape index (κ2) is 8.59. The fourth-order valence-electron chi connectivity index (χ4n) is 8.44. The molecule has 0 fully saturated rings. The third-order valence-electron chi connectivity index (χ3n) is 10.2. The Hall–Kier alpha value is -5.44. The van der Waals surface area contributed by atoms with Crippen LogP contribution < -0.4 is 0 Å². The molecule has 0 unspecified atom stereocenters. The summed E-state index contributed by atoms with van der Waals surface area (Å²) in [5.74, 6) is 0. The second-order valence-electron chi connectivity index (χ2n) is 12.4. The molecule has 0 aliphatic heterocycles. The molecule has 0 amide bonds. The van der Waals surface area contributed by atoms with Crippen molar-refractivity contribution in [2.45, 2.75) is 6.42 Å². The fraction of sp³-hybridized carbons (Fsp3) is 0.0233. The van der Waals surface area contributed by atoms with E-state index in [0.717, 1.165) is 6.42 Å². The predicted molar refractivity (Wildman–Crippen MR) is 194 cm³/mol. The van der Waals surface area contributed by atoms with Crippen LogP contribution >= 0.6 is 11.3 Å².